The molecule has 1 heterocycles. The predicted molar refractivity (Wildman–Crippen MR) is 111 cm³/mol. The van der Waals surface area contributed by atoms with Crippen molar-refractivity contribution in [3.63, 3.8) is 0 Å². The van der Waals surface area contributed by atoms with Crippen LogP contribution in [-0.2, 0) is 19.9 Å². The highest BCUT2D eigenvalue weighted by molar-refractivity contribution is 5.94. The topological polar surface area (TPSA) is 68.2 Å². The highest BCUT2D eigenvalue weighted by atomic mass is 16.3. The molecule has 0 amide bonds. The molecule has 2 aromatic rings. The molecule has 4 heteroatoms. The van der Waals surface area contributed by atoms with Crippen LogP contribution in [0.1, 0.15) is 65.5 Å². The number of unbranched alkanes of at least 4 members (excludes halogenated alkanes) is 1. The Kier molecular flexibility index (Phi) is 7.40. The van der Waals surface area contributed by atoms with Gasteiger partial charge in [0.1, 0.15) is 0 Å². The van der Waals surface area contributed by atoms with Crippen molar-refractivity contribution < 1.29 is 9.90 Å². The van der Waals surface area contributed by atoms with Crippen LogP contribution in [0.25, 0.3) is 0 Å². The summed E-state index contributed by atoms with van der Waals surface area (Å²) in [5.41, 5.74) is 11.3. The predicted octanol–water partition coefficient (Wildman–Crippen LogP) is 3.88. The third-order valence-electron chi connectivity index (χ3n) is 5.64. The van der Waals surface area contributed by atoms with Gasteiger partial charge >= 0.3 is 0 Å². The molecule has 3 N–H and O–H groups in total. The van der Waals surface area contributed by atoms with Crippen molar-refractivity contribution in [3.05, 3.63) is 58.4 Å². The lowest BCUT2D eigenvalue weighted by Crippen LogP contribution is -2.40. The molecule has 0 aliphatic heterocycles. The minimum absolute atomic E-state index is 0.0381. The zero-order valence-electron chi connectivity index (χ0n) is 17.2. The normalized spacial score (nSPS) is 13.6. The van der Waals surface area contributed by atoms with Crippen molar-refractivity contribution in [2.24, 2.45) is 12.8 Å². The van der Waals surface area contributed by atoms with Gasteiger partial charge in [-0.1, -0.05) is 18.2 Å². The molecule has 1 aromatic carbocycles. The fourth-order valence-electron chi connectivity index (χ4n) is 3.39. The van der Waals surface area contributed by atoms with Crippen LogP contribution >= 0.6 is 0 Å². The number of Topliss-reactive ketones (excluding diaryl/α,β-unsaturated/α-hetero) is 1. The second-order valence-electron chi connectivity index (χ2n) is 8.07. The summed E-state index contributed by atoms with van der Waals surface area (Å²) in [5, 5.41) is 9.28. The molecule has 27 heavy (non-hydrogen) atoms. The number of benzene rings is 1. The monoisotopic (exact) mass is 370 g/mol. The number of nitrogens with zero attached hydrogens (tertiary/aromatic N) is 1. The van der Waals surface area contributed by atoms with Gasteiger partial charge in [0.15, 0.2) is 5.78 Å². The second-order valence-corrected chi connectivity index (χ2v) is 8.07. The van der Waals surface area contributed by atoms with Gasteiger partial charge in [0.2, 0.25) is 0 Å². The highest BCUT2D eigenvalue weighted by Gasteiger charge is 2.19. The summed E-state index contributed by atoms with van der Waals surface area (Å²) in [5.74, 6) is 0.197. The number of aliphatic hydroxyl groups is 1. The van der Waals surface area contributed by atoms with Gasteiger partial charge in [0, 0.05) is 24.7 Å². The van der Waals surface area contributed by atoms with E-state index in [-0.39, 0.29) is 12.4 Å². The lowest BCUT2D eigenvalue weighted by Gasteiger charge is -2.21. The first kappa shape index (κ1) is 21.4. The van der Waals surface area contributed by atoms with Gasteiger partial charge in [-0.15, -0.1) is 0 Å². The maximum Gasteiger partial charge on any atom is 0.179 e. The van der Waals surface area contributed by atoms with E-state index in [2.05, 4.69) is 32.0 Å². The van der Waals surface area contributed by atoms with Gasteiger partial charge in [-0.25, -0.2) is 0 Å². The maximum absolute atomic E-state index is 12.6. The third kappa shape index (κ3) is 5.78. The molecule has 148 valence electrons. The quantitative estimate of drug-likeness (QED) is 0.493. The largest absolute Gasteiger partial charge is 0.394 e. The van der Waals surface area contributed by atoms with Crippen molar-refractivity contribution in [1.82, 2.24) is 4.57 Å². The van der Waals surface area contributed by atoms with Gasteiger partial charge < -0.3 is 15.4 Å². The van der Waals surface area contributed by atoms with Crippen LogP contribution in [0, 0.1) is 13.8 Å². The Labute approximate surface area is 163 Å². The maximum atomic E-state index is 12.6. The van der Waals surface area contributed by atoms with E-state index >= 15 is 0 Å². The molecular formula is C23H34N2O2. The van der Waals surface area contributed by atoms with E-state index in [1.807, 2.05) is 30.7 Å². The van der Waals surface area contributed by atoms with Crippen molar-refractivity contribution in [2.75, 3.05) is 6.61 Å². The number of aromatic nitrogens is 1. The zero-order valence-corrected chi connectivity index (χ0v) is 17.2. The van der Waals surface area contributed by atoms with E-state index < -0.39 is 5.54 Å². The molecule has 0 radical (unpaired) electrons. The Morgan fingerprint density at radius 1 is 1.15 bits per heavy atom. The molecule has 0 fully saturated rings. The van der Waals surface area contributed by atoms with E-state index in [0.717, 1.165) is 37.1 Å². The van der Waals surface area contributed by atoms with Crippen LogP contribution in [0.15, 0.2) is 30.3 Å². The van der Waals surface area contributed by atoms with Crippen LogP contribution in [-0.4, -0.2) is 27.6 Å². The van der Waals surface area contributed by atoms with Crippen LogP contribution in [0.4, 0.5) is 0 Å². The van der Waals surface area contributed by atoms with Crippen molar-refractivity contribution in [3.8, 4) is 0 Å². The number of rotatable bonds is 10. The Morgan fingerprint density at radius 2 is 1.89 bits per heavy atom. The standard InChI is InChI=1S/C23H34N2O2/c1-17-8-7-10-19(18(17)2)9-5-6-11-22(27)21-13-12-20(25(21)4)14-15-23(3,24)16-26/h7-8,10,12-13,26H,5-6,9,11,14-16,24H2,1-4H3. The van der Waals surface area contributed by atoms with Crippen LogP contribution < -0.4 is 5.73 Å². The molecule has 0 aliphatic rings. The van der Waals surface area contributed by atoms with Gasteiger partial charge in [0.05, 0.1) is 12.3 Å². The number of nitrogens with two attached hydrogens (primary N) is 1. The fraction of sp³-hybridized carbons (Fsp3) is 0.522. The number of hydrogen-bond donors (Lipinski definition) is 2. The third-order valence-corrected chi connectivity index (χ3v) is 5.64. The number of carbonyl (C=O) groups excluding carboxylic acids is 1. The minimum atomic E-state index is -0.581. The Morgan fingerprint density at radius 3 is 2.59 bits per heavy atom. The Bertz CT molecular complexity index is 775. The lowest BCUT2D eigenvalue weighted by atomic mass is 9.97. The SMILES string of the molecule is Cc1cccc(CCCCC(=O)c2ccc(CCC(C)(N)CO)n2C)c1C. The molecule has 1 aromatic heterocycles. The fourth-order valence-corrected chi connectivity index (χ4v) is 3.39. The summed E-state index contributed by atoms with van der Waals surface area (Å²) < 4.78 is 1.97. The summed E-state index contributed by atoms with van der Waals surface area (Å²) in [4.78, 5) is 12.6. The molecule has 1 unspecified atom stereocenters. The van der Waals surface area contributed by atoms with E-state index in [4.69, 9.17) is 5.73 Å². The second kappa shape index (κ2) is 9.34. The molecular weight excluding hydrogens is 336 g/mol. The number of aliphatic hydroxyl groups excluding tert-OH is 1. The Balaban J connectivity index is 1.85. The van der Waals surface area contributed by atoms with Gasteiger partial charge in [-0.05, 0) is 81.7 Å². The van der Waals surface area contributed by atoms with E-state index in [1.54, 1.807) is 0 Å². The summed E-state index contributed by atoms with van der Waals surface area (Å²) in [6.45, 7) is 6.12. The van der Waals surface area contributed by atoms with Crippen molar-refractivity contribution in [1.29, 1.82) is 0 Å². The average Bonchev–Trinajstić information content (AvgIpc) is 3.01. The Hall–Kier alpha value is -1.91. The number of ketones is 1. The molecule has 0 aliphatic carbocycles. The van der Waals surface area contributed by atoms with Gasteiger partial charge in [0.25, 0.3) is 0 Å². The molecule has 0 spiro atoms. The first-order valence-corrected chi connectivity index (χ1v) is 9.88. The van der Waals surface area contributed by atoms with Crippen LogP contribution in [0.5, 0.6) is 0 Å². The van der Waals surface area contributed by atoms with Crippen molar-refractivity contribution in [2.45, 2.75) is 64.8 Å². The number of carbonyl (C=O) groups is 1. The molecule has 0 saturated carbocycles. The summed E-state index contributed by atoms with van der Waals surface area (Å²) >= 11 is 0. The molecule has 4 nitrogen and oxygen atoms in total. The first-order valence-electron chi connectivity index (χ1n) is 9.88. The number of aryl methyl sites for hydroxylation is 3. The highest BCUT2D eigenvalue weighted by Crippen LogP contribution is 2.18. The molecule has 2 rings (SSSR count). The molecule has 0 bridgehead atoms. The lowest BCUT2D eigenvalue weighted by molar-refractivity contribution is 0.0971. The summed E-state index contributed by atoms with van der Waals surface area (Å²) in [7, 11) is 1.94. The van der Waals surface area contributed by atoms with E-state index in [9.17, 15) is 9.90 Å². The minimum Gasteiger partial charge on any atom is -0.394 e. The van der Waals surface area contributed by atoms with E-state index in [1.165, 1.54) is 16.7 Å². The molecule has 0 saturated heterocycles. The summed E-state index contributed by atoms with van der Waals surface area (Å²) in [6, 6.07) is 10.3. The van der Waals surface area contributed by atoms with E-state index in [0.29, 0.717) is 12.8 Å². The van der Waals surface area contributed by atoms with Crippen LogP contribution in [0.3, 0.4) is 0 Å². The summed E-state index contributed by atoms with van der Waals surface area (Å²) in [6.07, 6.45) is 4.96. The van der Waals surface area contributed by atoms with Gasteiger partial charge in [-0.2, -0.15) is 0 Å². The molecule has 1 atom stereocenters. The van der Waals surface area contributed by atoms with Crippen LogP contribution in [0.2, 0.25) is 0 Å². The van der Waals surface area contributed by atoms with Crippen molar-refractivity contribution >= 4 is 5.78 Å². The first-order chi connectivity index (χ1) is 12.7. The average molecular weight is 371 g/mol. The van der Waals surface area contributed by atoms with Gasteiger partial charge in [-0.3, -0.25) is 4.79 Å². The number of hydrogen-bond acceptors (Lipinski definition) is 3. The smallest absolute Gasteiger partial charge is 0.179 e. The zero-order chi connectivity index (χ0) is 20.0.